The van der Waals surface area contributed by atoms with Gasteiger partial charge in [-0.15, -0.1) is 0 Å². The molecule has 0 bridgehead atoms. The predicted octanol–water partition coefficient (Wildman–Crippen LogP) is 5.32. The van der Waals surface area contributed by atoms with Gasteiger partial charge in [0, 0.05) is 12.5 Å². The van der Waals surface area contributed by atoms with Gasteiger partial charge in [0.2, 0.25) is 0 Å². The van der Waals surface area contributed by atoms with E-state index in [1.54, 1.807) is 19.1 Å². The fourth-order valence-corrected chi connectivity index (χ4v) is 3.05. The fraction of sp³-hybridized carbons (Fsp3) is 0.632. The number of alkyl halides is 2. The van der Waals surface area contributed by atoms with Gasteiger partial charge in [0.05, 0.1) is 17.7 Å². The van der Waals surface area contributed by atoms with E-state index in [1.165, 1.54) is 37.8 Å². The standard InChI is InChI=1S/C10H9F2N.C9H18O/c1-7-3-4-8(6-13)9(5-7)10(2,11)12;1-2-4-8-5-3-6-9(10)7-8/h3-5H,1-2H3;8-10H,2-7H2,1H3. The lowest BCUT2D eigenvalue weighted by Crippen LogP contribution is -2.19. The number of halogens is 2. The Morgan fingerprint density at radius 3 is 2.57 bits per heavy atom. The summed E-state index contributed by atoms with van der Waals surface area (Å²) in [4.78, 5) is 0. The third-order valence-electron chi connectivity index (χ3n) is 4.22. The van der Waals surface area contributed by atoms with Crippen LogP contribution < -0.4 is 0 Å². The SMILES string of the molecule is CCCC1CCCC(O)C1.Cc1ccc(C#N)c(C(C)(F)F)c1. The van der Waals surface area contributed by atoms with Crippen LogP contribution in [0.2, 0.25) is 0 Å². The van der Waals surface area contributed by atoms with E-state index >= 15 is 0 Å². The Labute approximate surface area is 138 Å². The number of aryl methyl sites for hydroxylation is 1. The number of aliphatic hydroxyl groups is 1. The van der Waals surface area contributed by atoms with Crippen LogP contribution in [0.1, 0.15) is 69.1 Å². The van der Waals surface area contributed by atoms with Crippen molar-refractivity contribution < 1.29 is 13.9 Å². The van der Waals surface area contributed by atoms with Crippen LogP contribution in [0, 0.1) is 24.2 Å². The summed E-state index contributed by atoms with van der Waals surface area (Å²) in [6.07, 6.45) is 7.31. The van der Waals surface area contributed by atoms with E-state index in [0.29, 0.717) is 0 Å². The van der Waals surface area contributed by atoms with Crippen molar-refractivity contribution in [1.82, 2.24) is 0 Å². The van der Waals surface area contributed by atoms with Crippen molar-refractivity contribution in [3.63, 3.8) is 0 Å². The molecule has 2 nitrogen and oxygen atoms in total. The minimum Gasteiger partial charge on any atom is -0.393 e. The zero-order chi connectivity index (χ0) is 17.5. The third kappa shape index (κ3) is 6.66. The van der Waals surface area contributed by atoms with Crippen molar-refractivity contribution in [2.75, 3.05) is 0 Å². The van der Waals surface area contributed by atoms with Crippen molar-refractivity contribution in [2.24, 2.45) is 5.92 Å². The van der Waals surface area contributed by atoms with Crippen LogP contribution in [-0.4, -0.2) is 11.2 Å². The monoisotopic (exact) mass is 323 g/mol. The molecule has 0 saturated heterocycles. The number of benzene rings is 1. The van der Waals surface area contributed by atoms with Crippen molar-refractivity contribution in [3.05, 3.63) is 34.9 Å². The normalized spacial score (nSPS) is 21.1. The maximum absolute atomic E-state index is 12.9. The number of hydrogen-bond donors (Lipinski definition) is 1. The maximum Gasteiger partial charge on any atom is 0.271 e. The van der Waals surface area contributed by atoms with Gasteiger partial charge in [0.1, 0.15) is 0 Å². The Balaban J connectivity index is 0.000000238. The van der Waals surface area contributed by atoms with Gasteiger partial charge in [0.15, 0.2) is 0 Å². The molecular formula is C19H27F2NO. The molecule has 1 aliphatic carbocycles. The highest BCUT2D eigenvalue weighted by Crippen LogP contribution is 2.30. The molecule has 1 N–H and O–H groups in total. The van der Waals surface area contributed by atoms with E-state index in [0.717, 1.165) is 31.2 Å². The molecule has 0 heterocycles. The number of aliphatic hydroxyl groups excluding tert-OH is 1. The summed E-state index contributed by atoms with van der Waals surface area (Å²) in [7, 11) is 0. The van der Waals surface area contributed by atoms with Gasteiger partial charge in [-0.25, -0.2) is 8.78 Å². The predicted molar refractivity (Wildman–Crippen MR) is 88.3 cm³/mol. The molecule has 4 heteroatoms. The van der Waals surface area contributed by atoms with Gasteiger partial charge in [0.25, 0.3) is 5.92 Å². The van der Waals surface area contributed by atoms with Gasteiger partial charge in [-0.3, -0.25) is 0 Å². The Morgan fingerprint density at radius 1 is 1.35 bits per heavy atom. The summed E-state index contributed by atoms with van der Waals surface area (Å²) >= 11 is 0. The lowest BCUT2D eigenvalue weighted by Gasteiger charge is -2.25. The first-order chi connectivity index (χ1) is 10.8. The summed E-state index contributed by atoms with van der Waals surface area (Å²) in [5.41, 5.74) is 0.573. The largest absolute Gasteiger partial charge is 0.393 e. The molecular weight excluding hydrogens is 296 g/mol. The van der Waals surface area contributed by atoms with Gasteiger partial charge in [-0.05, 0) is 37.8 Å². The van der Waals surface area contributed by atoms with Crippen LogP contribution in [0.4, 0.5) is 8.78 Å². The zero-order valence-corrected chi connectivity index (χ0v) is 14.3. The van der Waals surface area contributed by atoms with Gasteiger partial charge in [-0.2, -0.15) is 5.26 Å². The molecule has 23 heavy (non-hydrogen) atoms. The van der Waals surface area contributed by atoms with E-state index in [4.69, 9.17) is 5.26 Å². The Kier molecular flexibility index (Phi) is 7.64. The van der Waals surface area contributed by atoms with Crippen LogP contribution in [0.15, 0.2) is 18.2 Å². The molecule has 1 aromatic rings. The first kappa shape index (κ1) is 19.6. The number of rotatable bonds is 3. The first-order valence-electron chi connectivity index (χ1n) is 8.35. The Hall–Kier alpha value is -1.47. The van der Waals surface area contributed by atoms with E-state index in [-0.39, 0.29) is 17.2 Å². The van der Waals surface area contributed by atoms with Crippen LogP contribution in [0.5, 0.6) is 0 Å². The smallest absolute Gasteiger partial charge is 0.271 e. The third-order valence-corrected chi connectivity index (χ3v) is 4.22. The lowest BCUT2D eigenvalue weighted by atomic mass is 9.85. The molecule has 0 spiro atoms. The molecule has 1 aliphatic rings. The fourth-order valence-electron chi connectivity index (χ4n) is 3.05. The molecule has 0 aliphatic heterocycles. The van der Waals surface area contributed by atoms with Crippen LogP contribution in [0.3, 0.4) is 0 Å². The average molecular weight is 323 g/mol. The van der Waals surface area contributed by atoms with Crippen molar-refractivity contribution >= 4 is 0 Å². The van der Waals surface area contributed by atoms with E-state index in [2.05, 4.69) is 6.92 Å². The minimum absolute atomic E-state index is 0.0188. The summed E-state index contributed by atoms with van der Waals surface area (Å²) in [6.45, 7) is 4.74. The highest BCUT2D eigenvalue weighted by atomic mass is 19.3. The molecule has 1 aromatic carbocycles. The lowest BCUT2D eigenvalue weighted by molar-refractivity contribution is 0.0171. The molecule has 128 valence electrons. The summed E-state index contributed by atoms with van der Waals surface area (Å²) in [5, 5.41) is 17.9. The second kappa shape index (κ2) is 8.98. The molecule has 2 rings (SSSR count). The second-order valence-electron chi connectivity index (χ2n) is 6.52. The number of nitriles is 1. The van der Waals surface area contributed by atoms with E-state index in [1.807, 2.05) is 0 Å². The zero-order valence-electron chi connectivity index (χ0n) is 14.3. The maximum atomic E-state index is 12.9. The summed E-state index contributed by atoms with van der Waals surface area (Å²) < 4.78 is 25.9. The molecule has 2 atom stereocenters. The highest BCUT2D eigenvalue weighted by Gasteiger charge is 2.27. The van der Waals surface area contributed by atoms with Crippen molar-refractivity contribution in [2.45, 2.75) is 71.3 Å². The molecule has 0 amide bonds. The topological polar surface area (TPSA) is 44.0 Å². The average Bonchev–Trinajstić information content (AvgIpc) is 2.47. The molecule has 0 aromatic heterocycles. The highest BCUT2D eigenvalue weighted by molar-refractivity contribution is 5.42. The van der Waals surface area contributed by atoms with Crippen LogP contribution in [-0.2, 0) is 5.92 Å². The van der Waals surface area contributed by atoms with Gasteiger partial charge in [-0.1, -0.05) is 44.2 Å². The van der Waals surface area contributed by atoms with Gasteiger partial charge >= 0.3 is 0 Å². The second-order valence-corrected chi connectivity index (χ2v) is 6.52. The van der Waals surface area contributed by atoms with E-state index in [9.17, 15) is 13.9 Å². The van der Waals surface area contributed by atoms with Crippen molar-refractivity contribution in [1.29, 1.82) is 5.26 Å². The van der Waals surface area contributed by atoms with E-state index < -0.39 is 5.92 Å². The number of nitrogens with zero attached hydrogens (tertiary/aromatic N) is 1. The molecule has 1 saturated carbocycles. The van der Waals surface area contributed by atoms with Crippen LogP contribution in [0.25, 0.3) is 0 Å². The Bertz CT molecular complexity index is 529. The Morgan fingerprint density at radius 2 is 2.04 bits per heavy atom. The van der Waals surface area contributed by atoms with Crippen molar-refractivity contribution in [3.8, 4) is 6.07 Å². The minimum atomic E-state index is -2.95. The summed E-state index contributed by atoms with van der Waals surface area (Å²) in [5.74, 6) is -2.12. The number of hydrogen-bond acceptors (Lipinski definition) is 2. The first-order valence-corrected chi connectivity index (χ1v) is 8.35. The summed E-state index contributed by atoms with van der Waals surface area (Å²) in [6, 6.07) is 6.16. The van der Waals surface area contributed by atoms with Gasteiger partial charge < -0.3 is 5.11 Å². The molecule has 2 unspecified atom stereocenters. The molecule has 0 radical (unpaired) electrons. The molecule has 1 fully saturated rings. The van der Waals surface area contributed by atoms with Crippen LogP contribution >= 0.6 is 0 Å². The quantitative estimate of drug-likeness (QED) is 0.818.